The Balaban J connectivity index is 1.35. The maximum Gasteiger partial charge on any atom is 0.260 e. The summed E-state index contributed by atoms with van der Waals surface area (Å²) in [4.78, 5) is 40.3. The average Bonchev–Trinajstić information content (AvgIpc) is 2.81. The lowest BCUT2D eigenvalue weighted by Crippen LogP contribution is -2.48. The number of hydrogen-bond donors (Lipinski definition) is 1. The quantitative estimate of drug-likeness (QED) is 0.709. The highest BCUT2D eigenvalue weighted by molar-refractivity contribution is 5.77. The third kappa shape index (κ3) is 5.25. The van der Waals surface area contributed by atoms with Crippen molar-refractivity contribution in [3.63, 3.8) is 0 Å². The summed E-state index contributed by atoms with van der Waals surface area (Å²) in [5, 5.41) is 0.457. The summed E-state index contributed by atoms with van der Waals surface area (Å²) in [5.74, 6) is 0.570. The van der Waals surface area contributed by atoms with Gasteiger partial charge in [-0.1, -0.05) is 42.5 Å². The van der Waals surface area contributed by atoms with Gasteiger partial charge in [0.15, 0.2) is 5.65 Å². The van der Waals surface area contributed by atoms with Crippen molar-refractivity contribution in [1.29, 1.82) is 0 Å². The number of fused-ring (bicyclic) bond motifs is 1. The summed E-state index contributed by atoms with van der Waals surface area (Å²) < 4.78 is 0. The first-order valence-corrected chi connectivity index (χ1v) is 10.5. The Morgan fingerprint density at radius 1 is 0.903 bits per heavy atom. The molecule has 0 saturated carbocycles. The third-order valence-electron chi connectivity index (χ3n) is 5.30. The van der Waals surface area contributed by atoms with Crippen molar-refractivity contribution < 1.29 is 4.79 Å². The van der Waals surface area contributed by atoms with Gasteiger partial charge in [-0.2, -0.15) is 0 Å². The van der Waals surface area contributed by atoms with Gasteiger partial charge in [-0.25, -0.2) is 9.97 Å². The first-order chi connectivity index (χ1) is 15.2. The summed E-state index contributed by atoms with van der Waals surface area (Å²) in [6.45, 7) is 2.91. The molecule has 3 aromatic rings. The number of amides is 1. The van der Waals surface area contributed by atoms with Crippen LogP contribution in [0.1, 0.15) is 12.2 Å². The standard InChI is InChI=1S/C24H25N5O2/c30-22(13-12-21-26-23-20(24(31)27-21)11-8-14-25-23)29-17-15-28(16-18-29)19-9-6-4-2-1-3-5-7-10-19/h1-11,14H,12-13,15-18H2,(H,25,26,27,31). The van der Waals surface area contributed by atoms with Crippen LogP contribution in [0.25, 0.3) is 11.0 Å². The Bertz CT molecular complexity index is 1140. The van der Waals surface area contributed by atoms with Crippen LogP contribution in [0.4, 0.5) is 5.69 Å². The number of aromatic amines is 1. The van der Waals surface area contributed by atoms with Gasteiger partial charge in [-0.3, -0.25) is 9.59 Å². The van der Waals surface area contributed by atoms with Crippen molar-refractivity contribution in [2.45, 2.75) is 12.8 Å². The van der Waals surface area contributed by atoms with E-state index in [4.69, 9.17) is 0 Å². The molecule has 1 N–H and O–H groups in total. The number of hydrogen-bond acceptors (Lipinski definition) is 5. The van der Waals surface area contributed by atoms with Gasteiger partial charge in [0.1, 0.15) is 5.82 Å². The second kappa shape index (κ2) is 9.84. The number of nitrogens with one attached hydrogen (secondary N) is 1. The van der Waals surface area contributed by atoms with Crippen molar-refractivity contribution in [3.8, 4) is 0 Å². The van der Waals surface area contributed by atoms with E-state index in [1.54, 1.807) is 18.3 Å². The Morgan fingerprint density at radius 3 is 2.29 bits per heavy atom. The molecule has 0 spiro atoms. The minimum absolute atomic E-state index is 0.0758. The molecule has 158 valence electrons. The molecule has 1 fully saturated rings. The number of pyridine rings is 1. The molecule has 0 unspecified atom stereocenters. The minimum Gasteiger partial charge on any atom is -0.368 e. The fourth-order valence-corrected chi connectivity index (χ4v) is 3.63. The number of carbonyl (C=O) groups is 1. The SMILES string of the molecule is O=C(CCc1nc2ncccc2c(=O)[nH]1)N1CCN(c2ccccccccc2)CC1. The highest BCUT2D eigenvalue weighted by atomic mass is 16.2. The van der Waals surface area contributed by atoms with E-state index in [2.05, 4.69) is 32.0 Å². The molecule has 1 aliphatic heterocycles. The zero-order chi connectivity index (χ0) is 21.5. The van der Waals surface area contributed by atoms with E-state index in [0.717, 1.165) is 18.8 Å². The van der Waals surface area contributed by atoms with Gasteiger partial charge in [0.05, 0.1) is 5.39 Å². The molecule has 31 heavy (non-hydrogen) atoms. The summed E-state index contributed by atoms with van der Waals surface area (Å²) in [6.07, 6.45) is 2.30. The predicted molar refractivity (Wildman–Crippen MR) is 121 cm³/mol. The predicted octanol–water partition coefficient (Wildman–Crippen LogP) is 2.72. The van der Waals surface area contributed by atoms with Crippen molar-refractivity contribution in [2.24, 2.45) is 0 Å². The van der Waals surface area contributed by atoms with Crippen LogP contribution in [0.2, 0.25) is 0 Å². The number of rotatable bonds is 4. The molecule has 1 aliphatic rings. The van der Waals surface area contributed by atoms with Crippen LogP contribution in [-0.4, -0.2) is 51.9 Å². The second-order valence-electron chi connectivity index (χ2n) is 7.36. The summed E-state index contributed by atoms with van der Waals surface area (Å²) in [7, 11) is 0. The first kappa shape index (κ1) is 20.5. The smallest absolute Gasteiger partial charge is 0.260 e. The molecule has 0 radical (unpaired) electrons. The Hall–Kier alpha value is -3.74. The van der Waals surface area contributed by atoms with E-state index >= 15 is 0 Å². The van der Waals surface area contributed by atoms with E-state index in [0.29, 0.717) is 42.8 Å². The maximum atomic E-state index is 12.7. The molecule has 1 amide bonds. The minimum atomic E-state index is -0.222. The highest BCUT2D eigenvalue weighted by Crippen LogP contribution is 2.15. The lowest BCUT2D eigenvalue weighted by molar-refractivity contribution is -0.131. The first-order valence-electron chi connectivity index (χ1n) is 10.5. The largest absolute Gasteiger partial charge is 0.368 e. The van der Waals surface area contributed by atoms with Crippen LogP contribution < -0.4 is 10.5 Å². The van der Waals surface area contributed by atoms with E-state index in [9.17, 15) is 9.59 Å². The van der Waals surface area contributed by atoms with Crippen LogP contribution >= 0.6 is 0 Å². The van der Waals surface area contributed by atoms with Crippen molar-refractivity contribution in [2.75, 3.05) is 31.1 Å². The van der Waals surface area contributed by atoms with Gasteiger partial charge < -0.3 is 14.8 Å². The zero-order valence-electron chi connectivity index (χ0n) is 17.3. The molecule has 7 nitrogen and oxygen atoms in total. The number of nitrogens with zero attached hydrogens (tertiary/aromatic N) is 4. The Morgan fingerprint density at radius 2 is 1.58 bits per heavy atom. The zero-order valence-corrected chi connectivity index (χ0v) is 17.3. The van der Waals surface area contributed by atoms with E-state index in [1.807, 2.05) is 47.4 Å². The number of aryl methyl sites for hydroxylation is 1. The van der Waals surface area contributed by atoms with E-state index in [-0.39, 0.29) is 11.5 Å². The number of piperazine rings is 1. The number of aromatic nitrogens is 3. The second-order valence-corrected chi connectivity index (χ2v) is 7.36. The molecule has 7 heteroatoms. The van der Waals surface area contributed by atoms with Crippen LogP contribution in [0.3, 0.4) is 0 Å². The molecule has 0 bridgehead atoms. The summed E-state index contributed by atoms with van der Waals surface area (Å²) in [6, 6.07) is 21.6. The molecule has 2 aromatic heterocycles. The monoisotopic (exact) mass is 415 g/mol. The maximum absolute atomic E-state index is 12.7. The van der Waals surface area contributed by atoms with Gasteiger partial charge in [-0.05, 0) is 24.3 Å². The van der Waals surface area contributed by atoms with E-state index < -0.39 is 0 Å². The van der Waals surface area contributed by atoms with Crippen LogP contribution in [-0.2, 0) is 11.2 Å². The molecule has 0 atom stereocenters. The third-order valence-corrected chi connectivity index (χ3v) is 5.30. The molecule has 1 saturated heterocycles. The molecular weight excluding hydrogens is 390 g/mol. The fraction of sp³-hybridized carbons (Fsp3) is 0.250. The lowest BCUT2D eigenvalue weighted by atomic mass is 10.2. The van der Waals surface area contributed by atoms with Crippen molar-refractivity contribution in [3.05, 3.63) is 89.1 Å². The topological polar surface area (TPSA) is 82.2 Å². The fourth-order valence-electron chi connectivity index (χ4n) is 3.63. The summed E-state index contributed by atoms with van der Waals surface area (Å²) >= 11 is 0. The summed E-state index contributed by atoms with van der Waals surface area (Å²) in [5.41, 5.74) is 1.32. The van der Waals surface area contributed by atoms with Crippen LogP contribution in [0.5, 0.6) is 0 Å². The van der Waals surface area contributed by atoms with Gasteiger partial charge in [0, 0.05) is 50.9 Å². The van der Waals surface area contributed by atoms with Gasteiger partial charge in [0.25, 0.3) is 5.56 Å². The van der Waals surface area contributed by atoms with Gasteiger partial charge in [-0.15, -0.1) is 0 Å². The molecular formula is C24H25N5O2. The Kier molecular flexibility index (Phi) is 6.52. The normalized spacial score (nSPS) is 13.7. The lowest BCUT2D eigenvalue weighted by Gasteiger charge is -2.36. The molecule has 3 heterocycles. The van der Waals surface area contributed by atoms with Gasteiger partial charge in [0.2, 0.25) is 5.91 Å². The number of carbonyl (C=O) groups excluding carboxylic acids is 1. The number of anilines is 1. The van der Waals surface area contributed by atoms with Crippen LogP contribution in [0, 0.1) is 0 Å². The Labute approximate surface area is 180 Å². The van der Waals surface area contributed by atoms with Crippen molar-refractivity contribution >= 4 is 22.6 Å². The van der Waals surface area contributed by atoms with Crippen LogP contribution in [0.15, 0.2) is 77.7 Å². The van der Waals surface area contributed by atoms with E-state index in [1.165, 1.54) is 0 Å². The van der Waals surface area contributed by atoms with Gasteiger partial charge >= 0.3 is 0 Å². The molecule has 0 aliphatic carbocycles. The molecule has 4 rings (SSSR count). The molecule has 1 aromatic carbocycles. The highest BCUT2D eigenvalue weighted by Gasteiger charge is 2.21. The number of H-pyrrole nitrogens is 1. The van der Waals surface area contributed by atoms with Crippen molar-refractivity contribution in [1.82, 2.24) is 19.9 Å². The average molecular weight is 415 g/mol.